The molecule has 158 valence electrons. The zero-order valence-electron chi connectivity index (χ0n) is 18.3. The van der Waals surface area contributed by atoms with Crippen LogP contribution < -0.4 is 0 Å². The number of hydrogen-bond donors (Lipinski definition) is 0. The number of likely N-dealkylation sites (tertiary alicyclic amines) is 1. The molecule has 0 N–H and O–H groups in total. The van der Waals surface area contributed by atoms with E-state index >= 15 is 0 Å². The normalized spacial score (nSPS) is 15.0. The Labute approximate surface area is 177 Å². The largest absolute Gasteiger partial charge is 0.361 e. The van der Waals surface area contributed by atoms with Gasteiger partial charge in [-0.2, -0.15) is 0 Å². The number of hydrogen-bond acceptors (Lipinski definition) is 4. The first-order valence-corrected chi connectivity index (χ1v) is 10.7. The number of piperidine rings is 1. The summed E-state index contributed by atoms with van der Waals surface area (Å²) in [6, 6.07) is 6.37. The van der Waals surface area contributed by atoms with Crippen LogP contribution in [0, 0.1) is 27.7 Å². The van der Waals surface area contributed by atoms with Gasteiger partial charge in [0.1, 0.15) is 11.6 Å². The highest BCUT2D eigenvalue weighted by Gasteiger charge is 2.27. The molecular weight excluding hydrogens is 376 g/mol. The highest BCUT2D eigenvalue weighted by Crippen LogP contribution is 2.28. The Balaban J connectivity index is 1.38. The van der Waals surface area contributed by atoms with Gasteiger partial charge in [0.25, 0.3) is 0 Å². The van der Waals surface area contributed by atoms with Crippen LogP contribution in [0.15, 0.2) is 35.1 Å². The summed E-state index contributed by atoms with van der Waals surface area (Å²) in [5.41, 5.74) is 5.58. The van der Waals surface area contributed by atoms with Gasteiger partial charge in [-0.1, -0.05) is 34.5 Å². The Morgan fingerprint density at radius 3 is 2.43 bits per heavy atom. The summed E-state index contributed by atoms with van der Waals surface area (Å²) in [5.74, 6) is 2.54. The van der Waals surface area contributed by atoms with Gasteiger partial charge in [0.05, 0.1) is 18.7 Å². The van der Waals surface area contributed by atoms with Crippen LogP contribution in [0.2, 0.25) is 0 Å². The summed E-state index contributed by atoms with van der Waals surface area (Å²) < 4.78 is 7.50. The van der Waals surface area contributed by atoms with Crippen LogP contribution in [0.25, 0.3) is 0 Å². The molecule has 3 aromatic rings. The number of nitrogens with zero attached hydrogens (tertiary/aromatic N) is 4. The molecule has 1 saturated heterocycles. The Kier molecular flexibility index (Phi) is 5.75. The van der Waals surface area contributed by atoms with Crippen LogP contribution in [0.5, 0.6) is 0 Å². The number of benzene rings is 1. The Hall–Kier alpha value is -2.89. The van der Waals surface area contributed by atoms with E-state index in [1.54, 1.807) is 0 Å². The molecule has 1 aliphatic rings. The van der Waals surface area contributed by atoms with Gasteiger partial charge in [-0.05, 0) is 46.1 Å². The van der Waals surface area contributed by atoms with E-state index in [0.29, 0.717) is 12.3 Å². The predicted octanol–water partition coefficient (Wildman–Crippen LogP) is 4.10. The Morgan fingerprint density at radius 1 is 1.10 bits per heavy atom. The predicted molar refractivity (Wildman–Crippen MR) is 115 cm³/mol. The molecule has 2 aromatic heterocycles. The van der Waals surface area contributed by atoms with Gasteiger partial charge in [-0.3, -0.25) is 4.79 Å². The Morgan fingerprint density at radius 2 is 1.80 bits per heavy atom. The zero-order valence-corrected chi connectivity index (χ0v) is 18.3. The van der Waals surface area contributed by atoms with Crippen molar-refractivity contribution in [2.75, 3.05) is 13.1 Å². The van der Waals surface area contributed by atoms with Gasteiger partial charge in [-0.15, -0.1) is 0 Å². The van der Waals surface area contributed by atoms with Gasteiger partial charge in [0.2, 0.25) is 5.91 Å². The molecular formula is C24H30N4O2. The van der Waals surface area contributed by atoms with E-state index in [0.717, 1.165) is 60.9 Å². The fraction of sp³-hybridized carbons (Fsp3) is 0.458. The average molecular weight is 407 g/mol. The van der Waals surface area contributed by atoms with Crippen molar-refractivity contribution in [3.63, 3.8) is 0 Å². The molecule has 0 saturated carbocycles. The lowest BCUT2D eigenvalue weighted by molar-refractivity contribution is -0.131. The van der Waals surface area contributed by atoms with Crippen LogP contribution >= 0.6 is 0 Å². The summed E-state index contributed by atoms with van der Waals surface area (Å²) in [4.78, 5) is 19.5. The van der Waals surface area contributed by atoms with Gasteiger partial charge in [0, 0.05) is 37.0 Å². The SMILES string of the molecule is Cc1cc(C)cc(CC(=O)N2CCC(c3nccn3Cc3c(C)noc3C)CC2)c1. The lowest BCUT2D eigenvalue weighted by Gasteiger charge is -2.32. The quantitative estimate of drug-likeness (QED) is 0.640. The molecule has 0 spiro atoms. The minimum absolute atomic E-state index is 0.220. The zero-order chi connectivity index (χ0) is 21.3. The fourth-order valence-corrected chi connectivity index (χ4v) is 4.56. The molecule has 0 bridgehead atoms. The highest BCUT2D eigenvalue weighted by atomic mass is 16.5. The lowest BCUT2D eigenvalue weighted by atomic mass is 9.95. The second-order valence-corrected chi connectivity index (χ2v) is 8.54. The van der Waals surface area contributed by atoms with E-state index in [1.807, 2.05) is 31.1 Å². The van der Waals surface area contributed by atoms with Crippen molar-refractivity contribution in [2.45, 2.75) is 59.4 Å². The van der Waals surface area contributed by atoms with Gasteiger partial charge in [-0.25, -0.2) is 4.98 Å². The molecule has 6 nitrogen and oxygen atoms in total. The first-order valence-electron chi connectivity index (χ1n) is 10.7. The maximum Gasteiger partial charge on any atom is 0.226 e. The number of imidazole rings is 1. The molecule has 4 rings (SSSR count). The first-order chi connectivity index (χ1) is 14.4. The molecule has 30 heavy (non-hydrogen) atoms. The first kappa shape index (κ1) is 20.4. The fourth-order valence-electron chi connectivity index (χ4n) is 4.56. The molecule has 0 atom stereocenters. The third kappa shape index (κ3) is 4.32. The number of aromatic nitrogens is 3. The topological polar surface area (TPSA) is 64.2 Å². The van der Waals surface area contributed by atoms with Crippen molar-refractivity contribution in [1.82, 2.24) is 19.6 Å². The van der Waals surface area contributed by atoms with Crippen LogP contribution in [0.1, 0.15) is 58.3 Å². The monoisotopic (exact) mass is 406 g/mol. The highest BCUT2D eigenvalue weighted by molar-refractivity contribution is 5.79. The van der Waals surface area contributed by atoms with Crippen molar-refractivity contribution in [2.24, 2.45) is 0 Å². The van der Waals surface area contributed by atoms with Crippen molar-refractivity contribution < 1.29 is 9.32 Å². The van der Waals surface area contributed by atoms with Gasteiger partial charge in [0.15, 0.2) is 0 Å². The summed E-state index contributed by atoms with van der Waals surface area (Å²) in [5, 5.41) is 4.06. The molecule has 1 fully saturated rings. The molecule has 1 aliphatic heterocycles. The van der Waals surface area contributed by atoms with E-state index < -0.39 is 0 Å². The number of carbonyl (C=O) groups excluding carboxylic acids is 1. The summed E-state index contributed by atoms with van der Waals surface area (Å²) in [6.07, 6.45) is 6.26. The van der Waals surface area contributed by atoms with E-state index in [9.17, 15) is 4.79 Å². The van der Waals surface area contributed by atoms with Crippen LogP contribution in [-0.4, -0.2) is 38.6 Å². The second-order valence-electron chi connectivity index (χ2n) is 8.54. The molecule has 1 aromatic carbocycles. The van der Waals surface area contributed by atoms with E-state index in [-0.39, 0.29) is 5.91 Å². The number of carbonyl (C=O) groups is 1. The molecule has 1 amide bonds. The van der Waals surface area contributed by atoms with Crippen LogP contribution in [0.4, 0.5) is 0 Å². The minimum Gasteiger partial charge on any atom is -0.361 e. The number of aryl methyl sites for hydroxylation is 4. The molecule has 6 heteroatoms. The summed E-state index contributed by atoms with van der Waals surface area (Å²) in [6.45, 7) is 10.4. The molecule has 3 heterocycles. The molecule has 0 unspecified atom stereocenters. The minimum atomic E-state index is 0.220. The van der Waals surface area contributed by atoms with E-state index in [2.05, 4.69) is 46.8 Å². The average Bonchev–Trinajstić information content (AvgIpc) is 3.29. The Bertz CT molecular complexity index is 1000. The van der Waals surface area contributed by atoms with Gasteiger partial charge < -0.3 is 14.0 Å². The standard InChI is InChI=1S/C24H30N4O2/c1-16-11-17(2)13-20(12-16)14-23(29)27-8-5-21(6-9-27)24-25-7-10-28(24)15-22-18(3)26-30-19(22)4/h7,10-13,21H,5-6,8-9,14-15H2,1-4H3. The maximum absolute atomic E-state index is 12.8. The third-order valence-corrected chi connectivity index (χ3v) is 6.11. The van der Waals surface area contributed by atoms with Crippen molar-refractivity contribution >= 4 is 5.91 Å². The second kappa shape index (κ2) is 8.46. The maximum atomic E-state index is 12.8. The van der Waals surface area contributed by atoms with Crippen LogP contribution in [0.3, 0.4) is 0 Å². The van der Waals surface area contributed by atoms with Crippen molar-refractivity contribution in [3.05, 3.63) is 70.1 Å². The van der Waals surface area contributed by atoms with Gasteiger partial charge >= 0.3 is 0 Å². The smallest absolute Gasteiger partial charge is 0.226 e. The van der Waals surface area contributed by atoms with Crippen molar-refractivity contribution in [3.8, 4) is 0 Å². The summed E-state index contributed by atoms with van der Waals surface area (Å²) >= 11 is 0. The van der Waals surface area contributed by atoms with Crippen LogP contribution in [-0.2, 0) is 17.8 Å². The summed E-state index contributed by atoms with van der Waals surface area (Å²) in [7, 11) is 0. The molecule has 0 radical (unpaired) electrons. The molecule has 0 aliphatic carbocycles. The number of amides is 1. The lowest BCUT2D eigenvalue weighted by Crippen LogP contribution is -2.39. The van der Waals surface area contributed by atoms with E-state index in [1.165, 1.54) is 11.1 Å². The number of rotatable bonds is 5. The van der Waals surface area contributed by atoms with E-state index in [4.69, 9.17) is 4.52 Å². The third-order valence-electron chi connectivity index (χ3n) is 6.11. The van der Waals surface area contributed by atoms with Crippen molar-refractivity contribution in [1.29, 1.82) is 0 Å².